The fourth-order valence-electron chi connectivity index (χ4n) is 3.38. The van der Waals surface area contributed by atoms with E-state index in [1.54, 1.807) is 28.8 Å². The van der Waals surface area contributed by atoms with Gasteiger partial charge in [-0.15, -0.1) is 11.3 Å². The van der Waals surface area contributed by atoms with E-state index in [9.17, 15) is 8.42 Å². The number of nitrogens with one attached hydrogen (secondary N) is 1. The zero-order chi connectivity index (χ0) is 18.0. The van der Waals surface area contributed by atoms with Crippen molar-refractivity contribution in [1.29, 1.82) is 0 Å². The third-order valence-corrected chi connectivity index (χ3v) is 8.28. The minimum atomic E-state index is -3.46. The number of hydrogen-bond acceptors (Lipinski definition) is 5. The summed E-state index contributed by atoms with van der Waals surface area (Å²) in [6, 6.07) is 14.0. The highest BCUT2D eigenvalue weighted by Crippen LogP contribution is 2.29. The first-order chi connectivity index (χ1) is 12.6. The van der Waals surface area contributed by atoms with Gasteiger partial charge in [0.2, 0.25) is 10.0 Å². The lowest BCUT2D eigenvalue weighted by atomic mass is 9.97. The Hall–Kier alpha value is -1.51. The first kappa shape index (κ1) is 17.9. The van der Waals surface area contributed by atoms with E-state index in [0.717, 1.165) is 19.5 Å². The molecule has 0 radical (unpaired) electrons. The van der Waals surface area contributed by atoms with Gasteiger partial charge in [0.25, 0.3) is 0 Å². The zero-order valence-electron chi connectivity index (χ0n) is 14.2. The average molecular weight is 405 g/mol. The minimum absolute atomic E-state index is 0.0318. The highest BCUT2D eigenvalue weighted by atomic mass is 32.2. The smallest absolute Gasteiger partial charge is 0.250 e. The summed E-state index contributed by atoms with van der Waals surface area (Å²) in [5.74, 6) is 0. The molecule has 0 bridgehead atoms. The summed E-state index contributed by atoms with van der Waals surface area (Å²) in [5, 5.41) is 5.95. The van der Waals surface area contributed by atoms with Crippen LogP contribution in [-0.2, 0) is 23.0 Å². The van der Waals surface area contributed by atoms with Gasteiger partial charge < -0.3 is 0 Å². The molecular weight excluding hydrogens is 384 g/mol. The van der Waals surface area contributed by atoms with Crippen molar-refractivity contribution >= 4 is 32.7 Å². The molecule has 1 aliphatic heterocycles. The Balaban J connectivity index is 1.55. The first-order valence-corrected chi connectivity index (χ1v) is 11.8. The maximum absolute atomic E-state index is 12.5. The van der Waals surface area contributed by atoms with Crippen molar-refractivity contribution in [2.75, 3.05) is 13.1 Å². The van der Waals surface area contributed by atoms with Crippen LogP contribution < -0.4 is 4.72 Å². The number of sulfonamides is 1. The maximum Gasteiger partial charge on any atom is 0.250 e. The Morgan fingerprint density at radius 3 is 2.65 bits per heavy atom. The number of thiophene rings is 2. The van der Waals surface area contributed by atoms with Crippen LogP contribution in [-0.4, -0.2) is 26.4 Å². The van der Waals surface area contributed by atoms with Crippen LogP contribution >= 0.6 is 22.7 Å². The molecule has 0 spiro atoms. The summed E-state index contributed by atoms with van der Waals surface area (Å²) < 4.78 is 28.2. The largest absolute Gasteiger partial charge is 0.290 e. The predicted molar refractivity (Wildman–Crippen MR) is 107 cm³/mol. The minimum Gasteiger partial charge on any atom is -0.290 e. The number of hydrogen-bond donors (Lipinski definition) is 1. The van der Waals surface area contributed by atoms with Crippen LogP contribution in [0, 0.1) is 0 Å². The van der Waals surface area contributed by atoms with Gasteiger partial charge in [0.15, 0.2) is 0 Å². The molecule has 0 amide bonds. The number of nitrogens with zero attached hydrogens (tertiary/aromatic N) is 1. The van der Waals surface area contributed by atoms with Gasteiger partial charge in [0.05, 0.1) is 0 Å². The number of benzene rings is 1. The van der Waals surface area contributed by atoms with Crippen molar-refractivity contribution < 1.29 is 8.42 Å². The van der Waals surface area contributed by atoms with Crippen molar-refractivity contribution in [2.45, 2.75) is 23.2 Å². The molecule has 7 heteroatoms. The van der Waals surface area contributed by atoms with E-state index in [4.69, 9.17) is 0 Å². The Morgan fingerprint density at radius 2 is 1.92 bits per heavy atom. The van der Waals surface area contributed by atoms with E-state index in [1.165, 1.54) is 28.0 Å². The molecule has 4 rings (SSSR count). The van der Waals surface area contributed by atoms with Crippen LogP contribution in [0.1, 0.15) is 22.7 Å². The molecule has 136 valence electrons. The van der Waals surface area contributed by atoms with Crippen LogP contribution in [0.25, 0.3) is 0 Å². The lowest BCUT2D eigenvalue weighted by Gasteiger charge is -2.35. The van der Waals surface area contributed by atoms with Gasteiger partial charge in [0, 0.05) is 25.7 Å². The van der Waals surface area contributed by atoms with Crippen molar-refractivity contribution in [3.8, 4) is 0 Å². The molecule has 0 unspecified atom stereocenters. The second-order valence-corrected chi connectivity index (χ2v) is 10.1. The number of rotatable bonds is 6. The molecule has 0 fully saturated rings. The van der Waals surface area contributed by atoms with Gasteiger partial charge in [-0.25, -0.2) is 13.1 Å². The van der Waals surface area contributed by atoms with Crippen molar-refractivity contribution in [3.63, 3.8) is 0 Å². The third-order valence-electron chi connectivity index (χ3n) is 4.76. The number of fused-ring (bicyclic) bond motifs is 1. The normalized spacial score (nSPS) is 16.3. The standard InChI is InChI=1S/C19H20N2O2S3/c22-26(23,19-6-3-10-25-19)20-12-18(17-8-11-24-14-17)21-9-7-15-4-1-2-5-16(15)13-21/h1-6,8,10-11,14,18,20H,7,9,12-13H2/t18-/m0/s1. The van der Waals surface area contributed by atoms with Crippen LogP contribution in [0.15, 0.2) is 62.8 Å². The van der Waals surface area contributed by atoms with E-state index in [-0.39, 0.29) is 6.04 Å². The maximum atomic E-state index is 12.5. The first-order valence-electron chi connectivity index (χ1n) is 8.49. The van der Waals surface area contributed by atoms with E-state index in [0.29, 0.717) is 10.8 Å². The van der Waals surface area contributed by atoms with E-state index in [1.807, 2.05) is 5.38 Å². The molecule has 0 aliphatic carbocycles. The highest BCUT2D eigenvalue weighted by Gasteiger charge is 2.27. The summed E-state index contributed by atoms with van der Waals surface area (Å²) in [4.78, 5) is 2.38. The van der Waals surface area contributed by atoms with Crippen molar-refractivity contribution in [1.82, 2.24) is 9.62 Å². The third kappa shape index (κ3) is 3.77. The molecule has 1 atom stereocenters. The summed E-state index contributed by atoms with van der Waals surface area (Å²) in [5.41, 5.74) is 3.90. The van der Waals surface area contributed by atoms with Crippen LogP contribution in [0.3, 0.4) is 0 Å². The second-order valence-electron chi connectivity index (χ2n) is 6.35. The van der Waals surface area contributed by atoms with E-state index >= 15 is 0 Å². The molecule has 26 heavy (non-hydrogen) atoms. The Kier molecular flexibility index (Phi) is 5.24. The predicted octanol–water partition coefficient (Wildman–Crippen LogP) is 3.89. The van der Waals surface area contributed by atoms with Gasteiger partial charge in [-0.1, -0.05) is 30.3 Å². The van der Waals surface area contributed by atoms with Gasteiger partial charge >= 0.3 is 0 Å². The molecule has 0 saturated carbocycles. The zero-order valence-corrected chi connectivity index (χ0v) is 16.6. The summed E-state index contributed by atoms with van der Waals surface area (Å²) in [6.07, 6.45) is 0.995. The Bertz CT molecular complexity index is 951. The van der Waals surface area contributed by atoms with E-state index in [2.05, 4.69) is 45.3 Å². The average Bonchev–Trinajstić information content (AvgIpc) is 3.36. The summed E-state index contributed by atoms with van der Waals surface area (Å²) >= 11 is 2.89. The molecular formula is C19H20N2O2S3. The topological polar surface area (TPSA) is 49.4 Å². The molecule has 1 N–H and O–H groups in total. The van der Waals surface area contributed by atoms with E-state index < -0.39 is 10.0 Å². The Morgan fingerprint density at radius 1 is 1.08 bits per heavy atom. The molecule has 3 heterocycles. The van der Waals surface area contributed by atoms with Crippen LogP contribution in [0.2, 0.25) is 0 Å². The molecule has 1 aromatic carbocycles. The van der Waals surface area contributed by atoms with Crippen molar-refractivity contribution in [2.24, 2.45) is 0 Å². The monoisotopic (exact) mass is 404 g/mol. The molecule has 0 saturated heterocycles. The quantitative estimate of drug-likeness (QED) is 0.678. The molecule has 1 aliphatic rings. The van der Waals surface area contributed by atoms with Gasteiger partial charge in [-0.3, -0.25) is 4.90 Å². The lowest BCUT2D eigenvalue weighted by molar-refractivity contribution is 0.181. The summed E-state index contributed by atoms with van der Waals surface area (Å²) in [7, 11) is -3.46. The van der Waals surface area contributed by atoms with Crippen molar-refractivity contribution in [3.05, 3.63) is 75.3 Å². The lowest BCUT2D eigenvalue weighted by Crippen LogP contribution is -2.40. The fourth-order valence-corrected chi connectivity index (χ4v) is 6.16. The Labute approximate surface area is 162 Å². The highest BCUT2D eigenvalue weighted by molar-refractivity contribution is 7.91. The SMILES string of the molecule is O=S(=O)(NC[C@@H](c1ccsc1)N1CCc2ccccc2C1)c1cccs1. The fraction of sp³-hybridized carbons (Fsp3) is 0.263. The second kappa shape index (κ2) is 7.62. The molecule has 3 aromatic rings. The van der Waals surface area contributed by atoms with Crippen LogP contribution in [0.4, 0.5) is 0 Å². The van der Waals surface area contributed by atoms with Crippen LogP contribution in [0.5, 0.6) is 0 Å². The van der Waals surface area contributed by atoms with Gasteiger partial charge in [0.1, 0.15) is 4.21 Å². The molecule has 4 nitrogen and oxygen atoms in total. The summed E-state index contributed by atoms with van der Waals surface area (Å²) in [6.45, 7) is 2.15. The van der Waals surface area contributed by atoms with Gasteiger partial charge in [-0.05, 0) is 51.4 Å². The van der Waals surface area contributed by atoms with Gasteiger partial charge in [-0.2, -0.15) is 11.3 Å². The molecule has 2 aromatic heterocycles.